The quantitative estimate of drug-likeness (QED) is 0.877. The van der Waals surface area contributed by atoms with Crippen LogP contribution in [-0.4, -0.2) is 40.0 Å². The molecule has 0 bridgehead atoms. The number of rotatable bonds is 4. The standard InChI is InChI=1S/C15H20N2O4/c1-3-4-15(14(20)21)5-6-17(9-15)13(19)11-8-16-10(2)7-12(11)18/h7-8H,3-6,9H2,1-2H3,(H,16,18)(H,20,21). The number of aryl methyl sites for hydroxylation is 1. The van der Waals surface area contributed by atoms with Crippen molar-refractivity contribution in [1.29, 1.82) is 0 Å². The fraction of sp³-hybridized carbons (Fsp3) is 0.533. The van der Waals surface area contributed by atoms with Crippen molar-refractivity contribution in [2.45, 2.75) is 33.1 Å². The first kappa shape index (κ1) is 15.3. The van der Waals surface area contributed by atoms with Gasteiger partial charge in [-0.05, 0) is 19.8 Å². The van der Waals surface area contributed by atoms with Gasteiger partial charge in [-0.15, -0.1) is 0 Å². The van der Waals surface area contributed by atoms with Gasteiger partial charge in [-0.3, -0.25) is 14.4 Å². The summed E-state index contributed by atoms with van der Waals surface area (Å²) in [6, 6.07) is 1.37. The Balaban J connectivity index is 2.22. The number of carbonyl (C=O) groups excluding carboxylic acids is 1. The molecule has 1 aliphatic rings. The van der Waals surface area contributed by atoms with Crippen molar-refractivity contribution >= 4 is 11.9 Å². The molecule has 2 N–H and O–H groups in total. The molecule has 114 valence electrons. The molecule has 0 aromatic carbocycles. The van der Waals surface area contributed by atoms with Crippen molar-refractivity contribution in [2.24, 2.45) is 5.41 Å². The highest BCUT2D eigenvalue weighted by Gasteiger charge is 2.45. The van der Waals surface area contributed by atoms with E-state index in [0.717, 1.165) is 6.42 Å². The number of aromatic amines is 1. The summed E-state index contributed by atoms with van der Waals surface area (Å²) in [6.07, 6.45) is 3.13. The largest absolute Gasteiger partial charge is 0.481 e. The van der Waals surface area contributed by atoms with E-state index >= 15 is 0 Å². The molecule has 6 heteroatoms. The number of carboxylic acid groups (broad SMARTS) is 1. The number of amides is 1. The second-order valence-corrected chi connectivity index (χ2v) is 5.71. The van der Waals surface area contributed by atoms with E-state index in [1.54, 1.807) is 6.92 Å². The Morgan fingerprint density at radius 1 is 1.48 bits per heavy atom. The van der Waals surface area contributed by atoms with Gasteiger partial charge in [-0.1, -0.05) is 13.3 Å². The molecule has 1 aromatic heterocycles. The summed E-state index contributed by atoms with van der Waals surface area (Å²) in [5.41, 5.74) is -0.455. The molecule has 1 aliphatic heterocycles. The monoisotopic (exact) mass is 292 g/mol. The van der Waals surface area contributed by atoms with Crippen molar-refractivity contribution in [1.82, 2.24) is 9.88 Å². The van der Waals surface area contributed by atoms with E-state index < -0.39 is 17.3 Å². The first-order chi connectivity index (χ1) is 9.89. The third-order valence-electron chi connectivity index (χ3n) is 4.11. The molecular weight excluding hydrogens is 272 g/mol. The number of hydrogen-bond acceptors (Lipinski definition) is 3. The first-order valence-corrected chi connectivity index (χ1v) is 7.11. The second kappa shape index (κ2) is 5.71. The molecular formula is C15H20N2O4. The summed E-state index contributed by atoms with van der Waals surface area (Å²) >= 11 is 0. The van der Waals surface area contributed by atoms with Gasteiger partial charge < -0.3 is 15.0 Å². The summed E-state index contributed by atoms with van der Waals surface area (Å²) < 4.78 is 0. The van der Waals surface area contributed by atoms with Gasteiger partial charge in [-0.2, -0.15) is 0 Å². The number of H-pyrrole nitrogens is 1. The molecule has 1 fully saturated rings. The van der Waals surface area contributed by atoms with Crippen LogP contribution in [0.2, 0.25) is 0 Å². The van der Waals surface area contributed by atoms with Gasteiger partial charge in [-0.25, -0.2) is 0 Å². The van der Waals surface area contributed by atoms with E-state index in [9.17, 15) is 19.5 Å². The zero-order chi connectivity index (χ0) is 15.6. The summed E-state index contributed by atoms with van der Waals surface area (Å²) in [4.78, 5) is 40.1. The zero-order valence-electron chi connectivity index (χ0n) is 12.3. The lowest BCUT2D eigenvalue weighted by atomic mass is 9.83. The number of nitrogens with one attached hydrogen (secondary N) is 1. The Bertz CT molecular complexity index is 622. The van der Waals surface area contributed by atoms with Crippen molar-refractivity contribution in [3.63, 3.8) is 0 Å². The minimum absolute atomic E-state index is 0.0679. The number of pyridine rings is 1. The summed E-state index contributed by atoms with van der Waals surface area (Å²) in [6.45, 7) is 4.21. The zero-order valence-corrected chi connectivity index (χ0v) is 12.3. The van der Waals surface area contributed by atoms with Crippen LogP contribution in [0.15, 0.2) is 17.1 Å². The van der Waals surface area contributed by atoms with Gasteiger partial charge >= 0.3 is 5.97 Å². The minimum Gasteiger partial charge on any atom is -0.481 e. The molecule has 21 heavy (non-hydrogen) atoms. The molecule has 1 aromatic rings. The number of carbonyl (C=O) groups is 2. The van der Waals surface area contributed by atoms with Crippen molar-refractivity contribution in [3.05, 3.63) is 33.7 Å². The minimum atomic E-state index is -0.873. The van der Waals surface area contributed by atoms with Crippen LogP contribution in [0.25, 0.3) is 0 Å². The smallest absolute Gasteiger partial charge is 0.311 e. The predicted molar refractivity (Wildman–Crippen MR) is 77.3 cm³/mol. The van der Waals surface area contributed by atoms with Crippen LogP contribution in [0.1, 0.15) is 42.2 Å². The number of nitrogens with zero attached hydrogens (tertiary/aromatic N) is 1. The van der Waals surface area contributed by atoms with E-state index in [1.165, 1.54) is 17.2 Å². The third kappa shape index (κ3) is 2.84. The van der Waals surface area contributed by atoms with Crippen LogP contribution in [0, 0.1) is 12.3 Å². The molecule has 0 radical (unpaired) electrons. The molecule has 1 amide bonds. The van der Waals surface area contributed by atoms with Gasteiger partial charge in [0.1, 0.15) is 5.56 Å². The Morgan fingerprint density at radius 3 is 2.76 bits per heavy atom. The van der Waals surface area contributed by atoms with E-state index in [0.29, 0.717) is 25.1 Å². The number of aromatic nitrogens is 1. The van der Waals surface area contributed by atoms with Gasteiger partial charge in [0.15, 0.2) is 5.43 Å². The molecule has 2 rings (SSSR count). The first-order valence-electron chi connectivity index (χ1n) is 7.11. The lowest BCUT2D eigenvalue weighted by Gasteiger charge is -2.24. The normalized spacial score (nSPS) is 21.5. The van der Waals surface area contributed by atoms with Crippen molar-refractivity contribution < 1.29 is 14.7 Å². The molecule has 0 spiro atoms. The van der Waals surface area contributed by atoms with Crippen LogP contribution < -0.4 is 5.43 Å². The maximum Gasteiger partial charge on any atom is 0.311 e. The van der Waals surface area contributed by atoms with E-state index in [2.05, 4.69) is 4.98 Å². The number of hydrogen-bond donors (Lipinski definition) is 2. The fourth-order valence-electron chi connectivity index (χ4n) is 2.92. The number of likely N-dealkylation sites (tertiary alicyclic amines) is 1. The number of aliphatic carboxylic acids is 1. The van der Waals surface area contributed by atoms with Crippen LogP contribution in [0.5, 0.6) is 0 Å². The lowest BCUT2D eigenvalue weighted by molar-refractivity contribution is -0.148. The fourth-order valence-corrected chi connectivity index (χ4v) is 2.92. The Kier molecular flexibility index (Phi) is 4.16. The maximum absolute atomic E-state index is 12.4. The molecule has 1 atom stereocenters. The number of carboxylic acids is 1. The van der Waals surface area contributed by atoms with Crippen LogP contribution >= 0.6 is 0 Å². The Labute approximate surface area is 122 Å². The highest BCUT2D eigenvalue weighted by molar-refractivity contribution is 5.94. The molecule has 2 heterocycles. The average molecular weight is 292 g/mol. The average Bonchev–Trinajstić information content (AvgIpc) is 2.84. The molecule has 1 saturated heterocycles. The Morgan fingerprint density at radius 2 is 2.19 bits per heavy atom. The maximum atomic E-state index is 12.4. The van der Waals surface area contributed by atoms with E-state index in [-0.39, 0.29) is 17.5 Å². The lowest BCUT2D eigenvalue weighted by Crippen LogP contribution is -2.38. The predicted octanol–water partition coefficient (Wildman–Crippen LogP) is 1.40. The Hall–Kier alpha value is -2.11. The van der Waals surface area contributed by atoms with Gasteiger partial charge in [0.05, 0.1) is 5.41 Å². The topological polar surface area (TPSA) is 90.5 Å². The van der Waals surface area contributed by atoms with Gasteiger partial charge in [0, 0.05) is 31.0 Å². The highest BCUT2D eigenvalue weighted by atomic mass is 16.4. The van der Waals surface area contributed by atoms with Gasteiger partial charge in [0.2, 0.25) is 0 Å². The van der Waals surface area contributed by atoms with Crippen LogP contribution in [0.4, 0.5) is 0 Å². The molecule has 6 nitrogen and oxygen atoms in total. The summed E-state index contributed by atoms with van der Waals surface area (Å²) in [7, 11) is 0. The van der Waals surface area contributed by atoms with Crippen LogP contribution in [-0.2, 0) is 4.79 Å². The highest BCUT2D eigenvalue weighted by Crippen LogP contribution is 2.35. The third-order valence-corrected chi connectivity index (χ3v) is 4.11. The summed E-state index contributed by atoms with van der Waals surface area (Å²) in [5.74, 6) is -1.26. The summed E-state index contributed by atoms with van der Waals surface area (Å²) in [5, 5.41) is 9.45. The van der Waals surface area contributed by atoms with Crippen molar-refractivity contribution in [3.8, 4) is 0 Å². The van der Waals surface area contributed by atoms with E-state index in [4.69, 9.17) is 0 Å². The molecule has 1 unspecified atom stereocenters. The SMILES string of the molecule is CCCC1(C(=O)O)CCN(C(=O)c2c[nH]c(C)cc2=O)C1. The van der Waals surface area contributed by atoms with Gasteiger partial charge in [0.25, 0.3) is 5.91 Å². The second-order valence-electron chi connectivity index (χ2n) is 5.71. The van der Waals surface area contributed by atoms with Crippen molar-refractivity contribution in [2.75, 3.05) is 13.1 Å². The molecule has 0 aliphatic carbocycles. The molecule has 0 saturated carbocycles. The van der Waals surface area contributed by atoms with Crippen LogP contribution in [0.3, 0.4) is 0 Å². The van der Waals surface area contributed by atoms with E-state index in [1.807, 2.05) is 6.92 Å².